The molecule has 2 saturated heterocycles. The molecule has 5 atom stereocenters. The molecule has 0 saturated carbocycles. The van der Waals surface area contributed by atoms with E-state index >= 15 is 0 Å². The smallest absolute Gasteiger partial charge is 0.190 e. The van der Waals surface area contributed by atoms with Gasteiger partial charge in [-0.05, 0) is 30.4 Å². The maximum absolute atomic E-state index is 6.55. The first-order valence-corrected chi connectivity index (χ1v) is 11.2. The van der Waals surface area contributed by atoms with E-state index in [1.807, 2.05) is 24.3 Å². The second-order valence-electron chi connectivity index (χ2n) is 8.50. The van der Waals surface area contributed by atoms with E-state index in [0.717, 1.165) is 49.1 Å². The topological polar surface area (TPSA) is 36.9 Å². The lowest BCUT2D eigenvalue weighted by Crippen LogP contribution is -2.39. The zero-order chi connectivity index (χ0) is 20.1. The molecule has 0 amide bonds. The normalized spacial score (nSPS) is 32.2. The third-order valence-electron chi connectivity index (χ3n) is 5.58. The summed E-state index contributed by atoms with van der Waals surface area (Å²) < 4.78 is 25.6. The lowest BCUT2D eigenvalue weighted by atomic mass is 10.00. The molecule has 1 unspecified atom stereocenters. The molecule has 0 aromatic heterocycles. The van der Waals surface area contributed by atoms with Crippen LogP contribution < -0.4 is 0 Å². The summed E-state index contributed by atoms with van der Waals surface area (Å²) >= 11 is 6.32. The molecule has 4 nitrogen and oxygen atoms in total. The molecule has 1 aromatic carbocycles. The summed E-state index contributed by atoms with van der Waals surface area (Å²) in [5, 5.41) is 0.727. The Kier molecular flexibility index (Phi) is 7.80. The highest BCUT2D eigenvalue weighted by Crippen LogP contribution is 2.45. The van der Waals surface area contributed by atoms with Gasteiger partial charge in [-0.1, -0.05) is 70.3 Å². The molecular formula is C23H35ClO4. The summed E-state index contributed by atoms with van der Waals surface area (Å²) in [6.07, 6.45) is 5.23. The van der Waals surface area contributed by atoms with Crippen LogP contribution in [-0.2, 0) is 25.6 Å². The van der Waals surface area contributed by atoms with Crippen molar-refractivity contribution in [2.75, 3.05) is 0 Å². The number of unbranched alkanes of at least 4 members (excludes halogenated alkanes) is 1. The Hall–Kier alpha value is -0.650. The van der Waals surface area contributed by atoms with Crippen molar-refractivity contribution in [1.29, 1.82) is 0 Å². The highest BCUT2D eigenvalue weighted by atomic mass is 35.5. The molecule has 2 aliphatic heterocycles. The van der Waals surface area contributed by atoms with Gasteiger partial charge in [-0.25, -0.2) is 0 Å². The van der Waals surface area contributed by atoms with Gasteiger partial charge in [0.15, 0.2) is 12.1 Å². The van der Waals surface area contributed by atoms with Crippen molar-refractivity contribution >= 4 is 11.6 Å². The van der Waals surface area contributed by atoms with Gasteiger partial charge in [0.25, 0.3) is 0 Å². The van der Waals surface area contributed by atoms with Crippen molar-refractivity contribution in [2.45, 2.75) is 103 Å². The fourth-order valence-electron chi connectivity index (χ4n) is 4.24. The van der Waals surface area contributed by atoms with Crippen LogP contribution in [0.5, 0.6) is 0 Å². The van der Waals surface area contributed by atoms with E-state index in [2.05, 4.69) is 27.7 Å². The number of benzene rings is 1. The Morgan fingerprint density at radius 3 is 2.57 bits per heavy atom. The summed E-state index contributed by atoms with van der Waals surface area (Å²) in [7, 11) is 0. The second kappa shape index (κ2) is 9.90. The van der Waals surface area contributed by atoms with E-state index in [1.54, 1.807) is 0 Å². The van der Waals surface area contributed by atoms with Gasteiger partial charge < -0.3 is 18.9 Å². The number of fused-ring (bicyclic) bond motifs is 1. The lowest BCUT2D eigenvalue weighted by Gasteiger charge is -2.31. The van der Waals surface area contributed by atoms with Gasteiger partial charge >= 0.3 is 0 Å². The minimum absolute atomic E-state index is 0.0247. The summed E-state index contributed by atoms with van der Waals surface area (Å²) in [6, 6.07) is 7.81. The van der Waals surface area contributed by atoms with Crippen LogP contribution in [0, 0.1) is 5.92 Å². The largest absolute Gasteiger partial charge is 0.368 e. The van der Waals surface area contributed by atoms with E-state index in [4.69, 9.17) is 30.5 Å². The third kappa shape index (κ3) is 5.09. The third-order valence-corrected chi connectivity index (χ3v) is 5.95. The van der Waals surface area contributed by atoms with Crippen molar-refractivity contribution < 1.29 is 18.9 Å². The highest BCUT2D eigenvalue weighted by Gasteiger charge is 2.57. The molecular weight excluding hydrogens is 376 g/mol. The predicted octanol–water partition coefficient (Wildman–Crippen LogP) is 6.10. The number of ether oxygens (including phenoxy) is 4. The standard InChI is InChI=1S/C23H35ClO4/c1-5-7-13-23(12-6-2)27-21-20(19(14-16(3)4)26-22(21)28-23)25-15-17-10-8-9-11-18(17)24/h8-11,16,19-22H,5-7,12-15H2,1-4H3/t19-,20+,21-,22-,23?/m1/s1. The molecule has 1 aromatic rings. The Bertz CT molecular complexity index is 622. The van der Waals surface area contributed by atoms with Crippen LogP contribution in [0.15, 0.2) is 24.3 Å². The first kappa shape index (κ1) is 22.0. The van der Waals surface area contributed by atoms with Gasteiger partial charge in [-0.3, -0.25) is 0 Å². The Morgan fingerprint density at radius 2 is 1.89 bits per heavy atom. The maximum Gasteiger partial charge on any atom is 0.190 e. The van der Waals surface area contributed by atoms with Gasteiger partial charge in [0.05, 0.1) is 12.7 Å². The summed E-state index contributed by atoms with van der Waals surface area (Å²) in [4.78, 5) is 0. The zero-order valence-electron chi connectivity index (χ0n) is 17.7. The summed E-state index contributed by atoms with van der Waals surface area (Å²) in [5.41, 5.74) is 0.987. The van der Waals surface area contributed by atoms with E-state index in [1.165, 1.54) is 0 Å². The number of rotatable bonds is 10. The fraction of sp³-hybridized carbons (Fsp3) is 0.739. The molecule has 0 radical (unpaired) electrons. The zero-order valence-corrected chi connectivity index (χ0v) is 18.4. The molecule has 0 aliphatic carbocycles. The number of halogens is 1. The van der Waals surface area contributed by atoms with Gasteiger partial charge in [-0.2, -0.15) is 0 Å². The second-order valence-corrected chi connectivity index (χ2v) is 8.91. The summed E-state index contributed by atoms with van der Waals surface area (Å²) in [5.74, 6) is -0.0229. The van der Waals surface area contributed by atoms with Crippen LogP contribution in [0.4, 0.5) is 0 Å². The minimum atomic E-state index is -0.533. The van der Waals surface area contributed by atoms with Crippen LogP contribution in [0.3, 0.4) is 0 Å². The van der Waals surface area contributed by atoms with Crippen molar-refractivity contribution in [3.8, 4) is 0 Å². The number of hydrogen-bond acceptors (Lipinski definition) is 4. The van der Waals surface area contributed by atoms with Crippen LogP contribution in [0.2, 0.25) is 5.02 Å². The molecule has 0 bridgehead atoms. The molecule has 2 heterocycles. The molecule has 0 N–H and O–H groups in total. The molecule has 2 fully saturated rings. The van der Waals surface area contributed by atoms with Crippen molar-refractivity contribution in [3.05, 3.63) is 34.9 Å². The molecule has 5 heteroatoms. The average molecular weight is 411 g/mol. The predicted molar refractivity (Wildman–Crippen MR) is 111 cm³/mol. The first-order valence-electron chi connectivity index (χ1n) is 10.8. The Labute approximate surface area is 174 Å². The fourth-order valence-corrected chi connectivity index (χ4v) is 4.43. The molecule has 0 spiro atoms. The van der Waals surface area contributed by atoms with Gasteiger partial charge in [0, 0.05) is 17.9 Å². The van der Waals surface area contributed by atoms with E-state index in [0.29, 0.717) is 12.5 Å². The lowest BCUT2D eigenvalue weighted by molar-refractivity contribution is -0.244. The first-order chi connectivity index (χ1) is 13.5. The van der Waals surface area contributed by atoms with Crippen LogP contribution in [-0.4, -0.2) is 30.4 Å². The van der Waals surface area contributed by atoms with Gasteiger partial charge in [0.2, 0.25) is 0 Å². The SMILES string of the molecule is CCCCC1(CCC)O[C@H]2O[C@H](CC(C)C)[C@H](OCc3ccccc3Cl)[C@H]2O1. The van der Waals surface area contributed by atoms with Crippen molar-refractivity contribution in [1.82, 2.24) is 0 Å². The van der Waals surface area contributed by atoms with Crippen LogP contribution >= 0.6 is 11.6 Å². The number of hydrogen-bond donors (Lipinski definition) is 0. The van der Waals surface area contributed by atoms with E-state index in [9.17, 15) is 0 Å². The minimum Gasteiger partial charge on any atom is -0.368 e. The van der Waals surface area contributed by atoms with Crippen molar-refractivity contribution in [2.24, 2.45) is 5.92 Å². The molecule has 3 rings (SSSR count). The maximum atomic E-state index is 6.55. The quantitative estimate of drug-likeness (QED) is 0.467. The highest BCUT2D eigenvalue weighted by molar-refractivity contribution is 6.31. The molecule has 28 heavy (non-hydrogen) atoms. The average Bonchev–Trinajstić information content (AvgIpc) is 3.13. The Balaban J connectivity index is 1.73. The summed E-state index contributed by atoms with van der Waals surface area (Å²) in [6.45, 7) is 9.22. The van der Waals surface area contributed by atoms with E-state index in [-0.39, 0.29) is 24.6 Å². The van der Waals surface area contributed by atoms with Gasteiger partial charge in [-0.15, -0.1) is 0 Å². The molecule has 158 valence electrons. The van der Waals surface area contributed by atoms with Crippen LogP contribution in [0.1, 0.15) is 71.8 Å². The molecule has 2 aliphatic rings. The van der Waals surface area contributed by atoms with Crippen LogP contribution in [0.25, 0.3) is 0 Å². The van der Waals surface area contributed by atoms with E-state index < -0.39 is 5.79 Å². The Morgan fingerprint density at radius 1 is 1.11 bits per heavy atom. The van der Waals surface area contributed by atoms with Crippen molar-refractivity contribution in [3.63, 3.8) is 0 Å². The monoisotopic (exact) mass is 410 g/mol. The van der Waals surface area contributed by atoms with Gasteiger partial charge in [0.1, 0.15) is 12.2 Å².